The summed E-state index contributed by atoms with van der Waals surface area (Å²) in [4.78, 5) is 12.5. The molecule has 0 aliphatic heterocycles. The van der Waals surface area contributed by atoms with Gasteiger partial charge in [0, 0.05) is 16.7 Å². The molecule has 1 aromatic carbocycles. The third kappa shape index (κ3) is 2.86. The van der Waals surface area contributed by atoms with E-state index in [1.54, 1.807) is 0 Å². The van der Waals surface area contributed by atoms with Crippen molar-refractivity contribution in [2.45, 2.75) is 45.1 Å². The van der Waals surface area contributed by atoms with Crippen LogP contribution in [0.15, 0.2) is 18.2 Å². The molecule has 0 heterocycles. The van der Waals surface area contributed by atoms with Crippen LogP contribution >= 0.6 is 0 Å². The van der Waals surface area contributed by atoms with E-state index < -0.39 is 0 Å². The molecule has 1 aromatic rings. The molecule has 0 bridgehead atoms. The van der Waals surface area contributed by atoms with Crippen molar-refractivity contribution in [1.29, 1.82) is 0 Å². The fourth-order valence-corrected chi connectivity index (χ4v) is 2.63. The van der Waals surface area contributed by atoms with E-state index in [-0.39, 0.29) is 18.1 Å². The minimum Gasteiger partial charge on any atom is -0.384 e. The van der Waals surface area contributed by atoms with Crippen LogP contribution in [0, 0.1) is 18.8 Å². The molecule has 0 aromatic heterocycles. The van der Waals surface area contributed by atoms with Gasteiger partial charge in [0.05, 0.1) is 0 Å². The molecule has 2 N–H and O–H groups in total. The third-order valence-corrected chi connectivity index (χ3v) is 4.25. The Balaban J connectivity index is 2.22. The fourth-order valence-electron chi connectivity index (χ4n) is 2.63. The highest BCUT2D eigenvalue weighted by molar-refractivity contribution is 5.96. The van der Waals surface area contributed by atoms with Gasteiger partial charge in [0.2, 0.25) is 0 Å². The number of nitrogens with one attached hydrogen (secondary N) is 1. The molecule has 0 atom stereocenters. The van der Waals surface area contributed by atoms with Gasteiger partial charge in [-0.3, -0.25) is 4.79 Å². The van der Waals surface area contributed by atoms with Gasteiger partial charge in [-0.1, -0.05) is 24.8 Å². The van der Waals surface area contributed by atoms with Gasteiger partial charge in [-0.2, -0.15) is 0 Å². The Morgan fingerprint density at radius 1 is 1.45 bits per heavy atom. The average Bonchev–Trinajstić information content (AvgIpc) is 2.41. The van der Waals surface area contributed by atoms with Crippen LogP contribution in [-0.4, -0.2) is 23.2 Å². The van der Waals surface area contributed by atoms with Crippen molar-refractivity contribution >= 4 is 5.91 Å². The second-order valence-electron chi connectivity index (χ2n) is 5.38. The molecule has 1 aliphatic carbocycles. The second kappa shape index (κ2) is 6.11. The summed E-state index contributed by atoms with van der Waals surface area (Å²) in [7, 11) is 0. The van der Waals surface area contributed by atoms with E-state index in [1.807, 2.05) is 25.1 Å². The van der Waals surface area contributed by atoms with Gasteiger partial charge in [-0.25, -0.2) is 0 Å². The first-order chi connectivity index (χ1) is 9.62. The normalized spacial score (nSPS) is 15.8. The van der Waals surface area contributed by atoms with Gasteiger partial charge in [0.25, 0.3) is 5.91 Å². The Hall–Kier alpha value is -1.79. The lowest BCUT2D eigenvalue weighted by molar-refractivity contribution is 0.0819. The first kappa shape index (κ1) is 14.6. The molecule has 1 aliphatic rings. The molecule has 3 nitrogen and oxygen atoms in total. The van der Waals surface area contributed by atoms with Crippen molar-refractivity contribution in [3.63, 3.8) is 0 Å². The quantitative estimate of drug-likeness (QED) is 0.829. The number of benzene rings is 1. The number of hydrogen-bond donors (Lipinski definition) is 2. The summed E-state index contributed by atoms with van der Waals surface area (Å²) in [6, 6.07) is 5.53. The number of carbonyl (C=O) groups excluding carboxylic acids is 1. The fraction of sp³-hybridized carbons (Fsp3) is 0.471. The molecule has 1 saturated carbocycles. The molecule has 0 radical (unpaired) electrons. The Kier molecular flexibility index (Phi) is 4.46. The number of hydrogen-bond acceptors (Lipinski definition) is 2. The molecule has 1 amide bonds. The number of carbonyl (C=O) groups is 1. The van der Waals surface area contributed by atoms with Crippen LogP contribution in [0.4, 0.5) is 0 Å². The monoisotopic (exact) mass is 271 g/mol. The van der Waals surface area contributed by atoms with E-state index in [2.05, 4.69) is 24.1 Å². The lowest BCUT2D eigenvalue weighted by Gasteiger charge is -2.42. The van der Waals surface area contributed by atoms with Crippen molar-refractivity contribution < 1.29 is 9.90 Å². The number of aliphatic hydroxyl groups is 1. The molecule has 2 rings (SSSR count). The Labute approximate surface area is 120 Å². The lowest BCUT2D eigenvalue weighted by atomic mass is 9.74. The smallest absolute Gasteiger partial charge is 0.252 e. The van der Waals surface area contributed by atoms with E-state index in [1.165, 1.54) is 6.42 Å². The number of rotatable bonds is 3. The minimum absolute atomic E-state index is 0.00367. The Morgan fingerprint density at radius 2 is 2.20 bits per heavy atom. The standard InChI is InChI=1S/C17H21NO2/c1-3-17(10-6-11-17)18-16(20)15-9-4-7-14(13(15)2)8-5-12-19/h4,7,9,19H,3,6,10-12H2,1-2H3,(H,18,20). The van der Waals surface area contributed by atoms with Gasteiger partial charge < -0.3 is 10.4 Å². The van der Waals surface area contributed by atoms with Crippen LogP contribution < -0.4 is 5.32 Å². The minimum atomic E-state index is -0.172. The van der Waals surface area contributed by atoms with Gasteiger partial charge in [-0.05, 0) is 50.3 Å². The van der Waals surface area contributed by atoms with Crippen molar-refractivity contribution in [2.75, 3.05) is 6.61 Å². The van der Waals surface area contributed by atoms with Crippen LogP contribution in [0.1, 0.15) is 54.1 Å². The average molecular weight is 271 g/mol. The summed E-state index contributed by atoms with van der Waals surface area (Å²) >= 11 is 0. The van der Waals surface area contributed by atoms with Crippen molar-refractivity contribution in [1.82, 2.24) is 5.32 Å². The molecule has 0 unspecified atom stereocenters. The van der Waals surface area contributed by atoms with Gasteiger partial charge in [0.1, 0.15) is 6.61 Å². The molecule has 106 valence electrons. The van der Waals surface area contributed by atoms with Gasteiger partial charge in [-0.15, -0.1) is 0 Å². The van der Waals surface area contributed by atoms with E-state index in [0.29, 0.717) is 5.56 Å². The summed E-state index contributed by atoms with van der Waals surface area (Å²) < 4.78 is 0. The highest BCUT2D eigenvalue weighted by Crippen LogP contribution is 2.35. The molecular formula is C17H21NO2. The zero-order chi connectivity index (χ0) is 14.6. The first-order valence-corrected chi connectivity index (χ1v) is 7.14. The van der Waals surface area contributed by atoms with E-state index in [4.69, 9.17) is 5.11 Å². The van der Waals surface area contributed by atoms with Crippen LogP contribution in [0.2, 0.25) is 0 Å². The maximum Gasteiger partial charge on any atom is 0.252 e. The zero-order valence-electron chi connectivity index (χ0n) is 12.1. The van der Waals surface area contributed by atoms with E-state index in [9.17, 15) is 4.79 Å². The predicted octanol–water partition coefficient (Wildman–Crippen LogP) is 2.40. The van der Waals surface area contributed by atoms with Gasteiger partial charge in [0.15, 0.2) is 0 Å². The van der Waals surface area contributed by atoms with E-state index >= 15 is 0 Å². The first-order valence-electron chi connectivity index (χ1n) is 7.14. The number of amides is 1. The summed E-state index contributed by atoms with van der Waals surface area (Å²) in [6.07, 6.45) is 4.30. The van der Waals surface area contributed by atoms with Crippen molar-refractivity contribution in [3.8, 4) is 11.8 Å². The topological polar surface area (TPSA) is 49.3 Å². The summed E-state index contributed by atoms with van der Waals surface area (Å²) in [5, 5.41) is 12.0. The largest absolute Gasteiger partial charge is 0.384 e. The summed E-state index contributed by atoms with van der Waals surface area (Å²) in [5.74, 6) is 5.49. The molecule has 0 saturated heterocycles. The van der Waals surface area contributed by atoms with E-state index in [0.717, 1.165) is 30.4 Å². The van der Waals surface area contributed by atoms with Crippen LogP contribution in [-0.2, 0) is 0 Å². The maximum absolute atomic E-state index is 12.5. The molecule has 0 spiro atoms. The molecule has 3 heteroatoms. The van der Waals surface area contributed by atoms with Gasteiger partial charge >= 0.3 is 0 Å². The molecule has 1 fully saturated rings. The van der Waals surface area contributed by atoms with Crippen LogP contribution in [0.5, 0.6) is 0 Å². The van der Waals surface area contributed by atoms with Crippen molar-refractivity contribution in [3.05, 3.63) is 34.9 Å². The Morgan fingerprint density at radius 3 is 2.75 bits per heavy atom. The number of aliphatic hydroxyl groups excluding tert-OH is 1. The van der Waals surface area contributed by atoms with Crippen LogP contribution in [0.3, 0.4) is 0 Å². The van der Waals surface area contributed by atoms with Crippen LogP contribution in [0.25, 0.3) is 0 Å². The Bertz CT molecular complexity index is 557. The SMILES string of the molecule is CCC1(NC(=O)c2cccc(C#CCO)c2C)CCC1. The molecule has 20 heavy (non-hydrogen) atoms. The third-order valence-electron chi connectivity index (χ3n) is 4.25. The molecular weight excluding hydrogens is 250 g/mol. The zero-order valence-corrected chi connectivity index (χ0v) is 12.1. The lowest BCUT2D eigenvalue weighted by Crippen LogP contribution is -2.53. The van der Waals surface area contributed by atoms with Crippen molar-refractivity contribution in [2.24, 2.45) is 0 Å². The summed E-state index contributed by atoms with van der Waals surface area (Å²) in [6.45, 7) is 3.85. The summed E-state index contributed by atoms with van der Waals surface area (Å²) in [5.41, 5.74) is 2.34. The highest BCUT2D eigenvalue weighted by atomic mass is 16.2. The predicted molar refractivity (Wildman–Crippen MR) is 79.5 cm³/mol. The maximum atomic E-state index is 12.5. The second-order valence-corrected chi connectivity index (χ2v) is 5.38. The highest BCUT2D eigenvalue weighted by Gasteiger charge is 2.36.